The Kier molecular flexibility index (Phi) is 4.54. The lowest BCUT2D eigenvalue weighted by molar-refractivity contribution is 0.122. The van der Waals surface area contributed by atoms with Crippen LogP contribution in [-0.4, -0.2) is 48.6 Å². The summed E-state index contributed by atoms with van der Waals surface area (Å²) in [6, 6.07) is 9.63. The van der Waals surface area contributed by atoms with E-state index in [0.29, 0.717) is 30.6 Å². The second-order valence-electron chi connectivity index (χ2n) is 5.03. The summed E-state index contributed by atoms with van der Waals surface area (Å²) in [5, 5.41) is 16.4. The van der Waals surface area contributed by atoms with Gasteiger partial charge in [0.2, 0.25) is 5.95 Å². The Labute approximate surface area is 134 Å². The number of nitriles is 1. The minimum absolute atomic E-state index is 0.433. The predicted molar refractivity (Wildman–Crippen MR) is 85.9 cm³/mol. The van der Waals surface area contributed by atoms with Crippen molar-refractivity contribution in [2.45, 2.75) is 0 Å². The zero-order chi connectivity index (χ0) is 16.1. The van der Waals surface area contributed by atoms with Gasteiger partial charge >= 0.3 is 0 Å². The maximum atomic E-state index is 9.40. The van der Waals surface area contributed by atoms with E-state index in [9.17, 15) is 5.26 Å². The molecule has 0 spiro atoms. The molecule has 1 N–H and O–H groups in total. The second-order valence-corrected chi connectivity index (χ2v) is 5.03. The zero-order valence-electron chi connectivity index (χ0n) is 12.8. The third-order valence-electron chi connectivity index (χ3n) is 3.57. The molecule has 0 radical (unpaired) electrons. The number of H-pyrrole nitrogens is 1. The van der Waals surface area contributed by atoms with Crippen LogP contribution in [0.15, 0.2) is 24.3 Å². The molecule has 0 atom stereocenters. The molecule has 0 amide bonds. The molecule has 0 aliphatic carbocycles. The molecule has 2 aromatic rings. The fraction of sp³-hybridized carbons (Fsp3) is 0.312. The molecule has 118 valence electrons. The van der Waals surface area contributed by atoms with Crippen molar-refractivity contribution in [2.75, 3.05) is 38.3 Å². The molecule has 7 nitrogen and oxygen atoms in total. The van der Waals surface area contributed by atoms with Crippen LogP contribution in [0.4, 0.5) is 5.95 Å². The average Bonchev–Trinajstić information content (AvgIpc) is 3.11. The van der Waals surface area contributed by atoms with Crippen molar-refractivity contribution in [2.24, 2.45) is 0 Å². The number of methoxy groups -OCH3 is 1. The van der Waals surface area contributed by atoms with Gasteiger partial charge < -0.3 is 14.4 Å². The molecule has 23 heavy (non-hydrogen) atoms. The SMILES string of the molecule is COc1ccc(/C=C(\C#N)c2nc(N3CCOCC3)n[nH]2)cc1. The minimum atomic E-state index is 0.433. The maximum Gasteiger partial charge on any atom is 0.245 e. The van der Waals surface area contributed by atoms with Crippen LogP contribution in [0.25, 0.3) is 11.6 Å². The summed E-state index contributed by atoms with van der Waals surface area (Å²) in [5.41, 5.74) is 1.33. The number of aromatic amines is 1. The Morgan fingerprint density at radius 3 is 2.74 bits per heavy atom. The number of anilines is 1. The molecule has 0 bridgehead atoms. The monoisotopic (exact) mass is 311 g/mol. The first-order chi connectivity index (χ1) is 11.3. The van der Waals surface area contributed by atoms with E-state index in [2.05, 4.69) is 21.3 Å². The molecule has 1 aromatic heterocycles. The van der Waals surface area contributed by atoms with Crippen molar-refractivity contribution < 1.29 is 9.47 Å². The van der Waals surface area contributed by atoms with E-state index >= 15 is 0 Å². The lowest BCUT2D eigenvalue weighted by Crippen LogP contribution is -2.36. The van der Waals surface area contributed by atoms with E-state index < -0.39 is 0 Å². The number of hydrogen-bond acceptors (Lipinski definition) is 6. The molecular formula is C16H17N5O2. The third-order valence-corrected chi connectivity index (χ3v) is 3.57. The van der Waals surface area contributed by atoms with Crippen LogP contribution >= 0.6 is 0 Å². The smallest absolute Gasteiger partial charge is 0.245 e. The fourth-order valence-corrected chi connectivity index (χ4v) is 2.30. The molecule has 3 rings (SSSR count). The van der Waals surface area contributed by atoms with Crippen LogP contribution in [-0.2, 0) is 4.74 Å². The number of allylic oxidation sites excluding steroid dienone is 1. The van der Waals surface area contributed by atoms with E-state index in [1.165, 1.54) is 0 Å². The van der Waals surface area contributed by atoms with Gasteiger partial charge in [-0.15, -0.1) is 5.10 Å². The van der Waals surface area contributed by atoms with Crippen LogP contribution in [0, 0.1) is 11.3 Å². The Morgan fingerprint density at radius 1 is 1.35 bits per heavy atom. The van der Waals surface area contributed by atoms with Gasteiger partial charge in [-0.2, -0.15) is 10.2 Å². The molecule has 7 heteroatoms. The van der Waals surface area contributed by atoms with Gasteiger partial charge in [-0.3, -0.25) is 5.10 Å². The van der Waals surface area contributed by atoms with Crippen LogP contribution < -0.4 is 9.64 Å². The van der Waals surface area contributed by atoms with E-state index in [1.807, 2.05) is 29.2 Å². The first-order valence-corrected chi connectivity index (χ1v) is 7.31. The zero-order valence-corrected chi connectivity index (χ0v) is 12.8. The van der Waals surface area contributed by atoms with E-state index in [0.717, 1.165) is 24.4 Å². The summed E-state index contributed by atoms with van der Waals surface area (Å²) in [6.07, 6.45) is 1.77. The maximum absolute atomic E-state index is 9.40. The topological polar surface area (TPSA) is 87.1 Å². The van der Waals surface area contributed by atoms with Gasteiger partial charge in [-0.1, -0.05) is 12.1 Å². The molecular weight excluding hydrogens is 294 g/mol. The highest BCUT2D eigenvalue weighted by molar-refractivity contribution is 5.87. The van der Waals surface area contributed by atoms with Crippen molar-refractivity contribution >= 4 is 17.6 Å². The van der Waals surface area contributed by atoms with Crippen molar-refractivity contribution in [1.82, 2.24) is 15.2 Å². The lowest BCUT2D eigenvalue weighted by Gasteiger charge is -2.25. The molecule has 2 heterocycles. The van der Waals surface area contributed by atoms with Gasteiger partial charge in [0.1, 0.15) is 11.8 Å². The van der Waals surface area contributed by atoms with Crippen LogP contribution in [0.2, 0.25) is 0 Å². The van der Waals surface area contributed by atoms with Gasteiger partial charge in [0.25, 0.3) is 0 Å². The molecule has 1 aliphatic heterocycles. The van der Waals surface area contributed by atoms with E-state index in [1.54, 1.807) is 13.2 Å². The largest absolute Gasteiger partial charge is 0.497 e. The number of hydrogen-bond donors (Lipinski definition) is 1. The number of aromatic nitrogens is 3. The van der Waals surface area contributed by atoms with Crippen molar-refractivity contribution in [3.63, 3.8) is 0 Å². The molecule has 1 fully saturated rings. The molecule has 1 aliphatic rings. The van der Waals surface area contributed by atoms with Gasteiger partial charge in [0.05, 0.1) is 25.9 Å². The van der Waals surface area contributed by atoms with Crippen molar-refractivity contribution in [3.8, 4) is 11.8 Å². The van der Waals surface area contributed by atoms with Crippen LogP contribution in [0.1, 0.15) is 11.4 Å². The normalized spacial score (nSPS) is 15.3. The average molecular weight is 311 g/mol. The molecule has 0 saturated carbocycles. The van der Waals surface area contributed by atoms with Gasteiger partial charge in [0, 0.05) is 13.1 Å². The van der Waals surface area contributed by atoms with Crippen LogP contribution in [0.5, 0.6) is 5.75 Å². The van der Waals surface area contributed by atoms with Crippen molar-refractivity contribution in [3.05, 3.63) is 35.7 Å². The number of morpholine rings is 1. The van der Waals surface area contributed by atoms with Gasteiger partial charge in [-0.05, 0) is 23.8 Å². The number of benzene rings is 1. The van der Waals surface area contributed by atoms with Crippen molar-refractivity contribution in [1.29, 1.82) is 5.26 Å². The quantitative estimate of drug-likeness (QED) is 0.865. The number of nitrogens with one attached hydrogen (secondary N) is 1. The highest BCUT2D eigenvalue weighted by atomic mass is 16.5. The predicted octanol–water partition coefficient (Wildman–Crippen LogP) is 1.71. The Balaban J connectivity index is 1.81. The lowest BCUT2D eigenvalue weighted by atomic mass is 10.1. The highest BCUT2D eigenvalue weighted by Gasteiger charge is 2.16. The third kappa shape index (κ3) is 3.49. The minimum Gasteiger partial charge on any atom is -0.497 e. The summed E-state index contributed by atoms with van der Waals surface area (Å²) in [6.45, 7) is 2.83. The Hall–Kier alpha value is -2.85. The first kappa shape index (κ1) is 15.1. The Morgan fingerprint density at radius 2 is 2.09 bits per heavy atom. The summed E-state index contributed by atoms with van der Waals surface area (Å²) in [7, 11) is 1.62. The van der Waals surface area contributed by atoms with Gasteiger partial charge in [0.15, 0.2) is 5.82 Å². The summed E-state index contributed by atoms with van der Waals surface area (Å²) < 4.78 is 10.4. The summed E-state index contributed by atoms with van der Waals surface area (Å²) in [4.78, 5) is 6.46. The van der Waals surface area contributed by atoms with Gasteiger partial charge in [-0.25, -0.2) is 0 Å². The number of ether oxygens (including phenoxy) is 2. The summed E-state index contributed by atoms with van der Waals surface area (Å²) >= 11 is 0. The molecule has 1 saturated heterocycles. The highest BCUT2D eigenvalue weighted by Crippen LogP contribution is 2.19. The summed E-state index contributed by atoms with van der Waals surface area (Å²) in [5.74, 6) is 1.83. The second kappa shape index (κ2) is 6.94. The number of nitrogens with zero attached hydrogens (tertiary/aromatic N) is 4. The number of rotatable bonds is 4. The van der Waals surface area contributed by atoms with E-state index in [4.69, 9.17) is 9.47 Å². The van der Waals surface area contributed by atoms with Crippen LogP contribution in [0.3, 0.4) is 0 Å². The standard InChI is InChI=1S/C16H17N5O2/c1-22-14-4-2-12(3-5-14)10-13(11-17)15-18-16(20-19-15)21-6-8-23-9-7-21/h2-5,10H,6-9H2,1H3,(H,18,19,20)/b13-10+. The van der Waals surface area contributed by atoms with E-state index in [-0.39, 0.29) is 0 Å². The first-order valence-electron chi connectivity index (χ1n) is 7.31. The molecule has 0 unspecified atom stereocenters. The molecule has 1 aromatic carbocycles. The Bertz CT molecular complexity index is 724. The fourth-order valence-electron chi connectivity index (χ4n) is 2.30.